The first-order chi connectivity index (χ1) is 15.0. The Kier molecular flexibility index (Phi) is 6.65. The van der Waals surface area contributed by atoms with Crippen LogP contribution in [0.1, 0.15) is 0 Å². The standard InChI is InChI=1S/C18H15O10PS3/c19-29(30(20,21)26-16-10-4-1-5-11-16,31(22,23)27-17-12-6-2-7-13-17)32(24,25)28-18-14-8-3-9-15-18/h1-15H. The van der Waals surface area contributed by atoms with Crippen molar-refractivity contribution in [3.05, 3.63) is 91.0 Å². The van der Waals surface area contributed by atoms with E-state index in [1.807, 2.05) is 0 Å². The van der Waals surface area contributed by atoms with Crippen LogP contribution in [0.5, 0.6) is 17.2 Å². The Hall–Kier alpha value is -2.86. The van der Waals surface area contributed by atoms with E-state index in [-0.39, 0.29) is 0 Å². The quantitative estimate of drug-likeness (QED) is 0.386. The van der Waals surface area contributed by atoms with E-state index in [9.17, 15) is 29.8 Å². The van der Waals surface area contributed by atoms with Crippen LogP contribution in [0.3, 0.4) is 0 Å². The summed E-state index contributed by atoms with van der Waals surface area (Å²) in [5.74, 6) is -1.42. The number of para-hydroxylation sites is 3. The molecular formula is C18H15O10PS3. The number of hydrogen-bond donors (Lipinski definition) is 0. The lowest BCUT2D eigenvalue weighted by Crippen LogP contribution is -2.27. The summed E-state index contributed by atoms with van der Waals surface area (Å²) in [5, 5.41) is 0. The van der Waals surface area contributed by atoms with Crippen molar-refractivity contribution in [3.63, 3.8) is 0 Å². The molecule has 3 aromatic carbocycles. The summed E-state index contributed by atoms with van der Waals surface area (Å²) in [6, 6.07) is 19.0. The molecule has 170 valence electrons. The number of benzene rings is 3. The van der Waals surface area contributed by atoms with Crippen molar-refractivity contribution in [3.8, 4) is 17.2 Å². The highest BCUT2D eigenvalue weighted by Crippen LogP contribution is 2.65. The monoisotopic (exact) mass is 518 g/mol. The molecule has 0 amide bonds. The third-order valence-corrected chi connectivity index (χ3v) is 22.0. The van der Waals surface area contributed by atoms with Gasteiger partial charge in [-0.05, 0) is 36.4 Å². The van der Waals surface area contributed by atoms with Crippen molar-refractivity contribution >= 4 is 34.0 Å². The Morgan fingerprint density at radius 2 is 0.656 bits per heavy atom. The van der Waals surface area contributed by atoms with Crippen LogP contribution in [0.2, 0.25) is 0 Å². The van der Waals surface area contributed by atoms with Gasteiger partial charge in [-0.2, -0.15) is 25.3 Å². The summed E-state index contributed by atoms with van der Waals surface area (Å²) in [5.41, 5.74) is 0. The largest absolute Gasteiger partial charge is 0.521 e. The summed E-state index contributed by atoms with van der Waals surface area (Å²) in [6.07, 6.45) is 0. The lowest BCUT2D eigenvalue weighted by Gasteiger charge is -2.18. The molecule has 0 atom stereocenters. The normalized spacial score (nSPS) is 12.6. The maximum atomic E-state index is 13.6. The van der Waals surface area contributed by atoms with E-state index < -0.39 is 51.2 Å². The first-order valence-electron chi connectivity index (χ1n) is 8.57. The fraction of sp³-hybridized carbons (Fsp3) is 0. The topological polar surface area (TPSA) is 147 Å². The zero-order valence-electron chi connectivity index (χ0n) is 15.9. The molecular weight excluding hydrogens is 503 g/mol. The van der Waals surface area contributed by atoms with E-state index in [1.54, 1.807) is 0 Å². The smallest absolute Gasteiger partial charge is 0.376 e. The first-order valence-corrected chi connectivity index (χ1v) is 16.3. The molecule has 14 heteroatoms. The molecule has 0 aliphatic carbocycles. The molecule has 0 N–H and O–H groups in total. The molecule has 0 saturated heterocycles. The predicted molar refractivity (Wildman–Crippen MR) is 116 cm³/mol. The predicted octanol–water partition coefficient (Wildman–Crippen LogP) is 3.32. The van der Waals surface area contributed by atoms with Gasteiger partial charge in [-0.25, -0.2) is 0 Å². The Morgan fingerprint density at radius 3 is 0.875 bits per heavy atom. The summed E-state index contributed by atoms with van der Waals surface area (Å²) < 4.78 is 98.1. The average Bonchev–Trinajstić information content (AvgIpc) is 2.74. The molecule has 0 radical (unpaired) electrons. The zero-order chi connectivity index (χ0) is 23.5. The van der Waals surface area contributed by atoms with Gasteiger partial charge in [-0.1, -0.05) is 54.6 Å². The molecule has 0 heterocycles. The molecule has 0 aromatic heterocycles. The van der Waals surface area contributed by atoms with E-state index in [4.69, 9.17) is 0 Å². The van der Waals surface area contributed by atoms with E-state index in [1.165, 1.54) is 54.6 Å². The van der Waals surface area contributed by atoms with Gasteiger partial charge in [0.25, 0.3) is 0 Å². The van der Waals surface area contributed by atoms with Crippen LogP contribution in [0.15, 0.2) is 91.0 Å². The van der Waals surface area contributed by atoms with Crippen molar-refractivity contribution in [1.29, 1.82) is 0 Å². The fourth-order valence-corrected chi connectivity index (χ4v) is 15.6. The molecule has 0 spiro atoms. The van der Waals surface area contributed by atoms with Crippen molar-refractivity contribution < 1.29 is 42.4 Å². The molecule has 0 aliphatic heterocycles. The van der Waals surface area contributed by atoms with E-state index >= 15 is 0 Å². The average molecular weight is 518 g/mol. The summed E-state index contributed by atoms with van der Waals surface area (Å²) in [4.78, 5) is 0. The Bertz CT molecular complexity index is 1260. The molecule has 0 aliphatic rings. The van der Waals surface area contributed by atoms with Gasteiger partial charge in [-0.15, -0.1) is 0 Å². The van der Waals surface area contributed by atoms with Gasteiger partial charge in [0.05, 0.1) is 0 Å². The third kappa shape index (κ3) is 4.65. The minimum Gasteiger partial charge on any atom is -0.376 e. The second-order valence-corrected chi connectivity index (χ2v) is 20.6. The van der Waals surface area contributed by atoms with Crippen molar-refractivity contribution in [1.82, 2.24) is 0 Å². The zero-order valence-corrected chi connectivity index (χ0v) is 19.3. The summed E-state index contributed by atoms with van der Waals surface area (Å²) >= 11 is 0. The van der Waals surface area contributed by atoms with E-state index in [2.05, 4.69) is 12.5 Å². The number of hydrogen-bond acceptors (Lipinski definition) is 10. The molecule has 3 aromatic rings. The van der Waals surface area contributed by atoms with Crippen LogP contribution in [0.4, 0.5) is 0 Å². The molecule has 3 rings (SSSR count). The van der Waals surface area contributed by atoms with E-state index in [0.717, 1.165) is 36.4 Å². The summed E-state index contributed by atoms with van der Waals surface area (Å²) in [7, 11) is -17.7. The van der Waals surface area contributed by atoms with Gasteiger partial charge in [0, 0.05) is 0 Å². The van der Waals surface area contributed by atoms with Gasteiger partial charge in [0.1, 0.15) is 17.2 Å². The minimum absolute atomic E-state index is 0.474. The van der Waals surface area contributed by atoms with Crippen molar-refractivity contribution in [2.24, 2.45) is 0 Å². The van der Waals surface area contributed by atoms with Crippen LogP contribution in [-0.2, 0) is 33.8 Å². The molecule has 0 bridgehead atoms. The van der Waals surface area contributed by atoms with Crippen LogP contribution < -0.4 is 12.5 Å². The van der Waals surface area contributed by atoms with Gasteiger partial charge in [0.2, 0.25) is 0 Å². The van der Waals surface area contributed by atoms with Crippen molar-refractivity contribution in [2.45, 2.75) is 0 Å². The van der Waals surface area contributed by atoms with Crippen LogP contribution in [-0.4, -0.2) is 25.3 Å². The second kappa shape index (κ2) is 8.94. The Morgan fingerprint density at radius 1 is 0.438 bits per heavy atom. The van der Waals surface area contributed by atoms with Gasteiger partial charge in [0.15, 0.2) is 0 Å². The second-order valence-electron chi connectivity index (χ2n) is 5.92. The minimum atomic E-state index is -6.57. The van der Waals surface area contributed by atoms with Crippen molar-refractivity contribution in [2.75, 3.05) is 0 Å². The highest BCUT2D eigenvalue weighted by molar-refractivity contribution is 9.06. The molecule has 10 nitrogen and oxygen atoms in total. The van der Waals surface area contributed by atoms with Crippen LogP contribution in [0, 0.1) is 0 Å². The lowest BCUT2D eigenvalue weighted by molar-refractivity contribution is 0.481. The lowest BCUT2D eigenvalue weighted by atomic mass is 10.3. The highest BCUT2D eigenvalue weighted by atomic mass is 33.4. The maximum Gasteiger partial charge on any atom is 0.521 e. The fourth-order valence-electron chi connectivity index (χ4n) is 2.27. The maximum absolute atomic E-state index is 13.6. The molecule has 0 saturated carbocycles. The number of rotatable bonds is 9. The first kappa shape index (κ1) is 23.8. The molecule has 0 fully saturated rings. The van der Waals surface area contributed by atoms with Crippen LogP contribution >= 0.6 is 4.75 Å². The third-order valence-electron chi connectivity index (χ3n) is 3.66. The van der Waals surface area contributed by atoms with Gasteiger partial charge >= 0.3 is 34.0 Å². The Labute approximate surface area is 184 Å². The van der Waals surface area contributed by atoms with E-state index in [0.29, 0.717) is 0 Å². The van der Waals surface area contributed by atoms with Gasteiger partial charge < -0.3 is 12.5 Å². The summed E-state index contributed by atoms with van der Waals surface area (Å²) in [6.45, 7) is 0. The SMILES string of the molecule is O=P(S(=O)(=O)Oc1ccccc1)(S(=O)(=O)Oc1ccccc1)S(=O)(=O)Oc1ccccc1. The Balaban J connectivity index is 2.17. The molecule has 32 heavy (non-hydrogen) atoms. The molecule has 0 unspecified atom stereocenters. The van der Waals surface area contributed by atoms with Crippen LogP contribution in [0.25, 0.3) is 0 Å². The van der Waals surface area contributed by atoms with Gasteiger partial charge in [-0.3, -0.25) is 4.57 Å². The highest BCUT2D eigenvalue weighted by Gasteiger charge is 2.67.